The maximum absolute atomic E-state index is 12.3. The number of anilines is 1. The standard InChI is InChI=1S/C17H16N2O/c1-13-15-9-5-6-10-16(15)17(20)19(13)12-11-18-14-7-3-2-4-8-14/h2-10,18H,1,11-12H2. The molecule has 1 aliphatic heterocycles. The van der Waals surface area contributed by atoms with Crippen molar-refractivity contribution in [1.29, 1.82) is 0 Å². The lowest BCUT2D eigenvalue weighted by molar-refractivity contribution is 0.0854. The fraction of sp³-hybridized carbons (Fsp3) is 0.118. The van der Waals surface area contributed by atoms with E-state index in [9.17, 15) is 4.79 Å². The lowest BCUT2D eigenvalue weighted by atomic mass is 10.1. The third-order valence-electron chi connectivity index (χ3n) is 3.48. The number of rotatable bonds is 4. The van der Waals surface area contributed by atoms with Crippen LogP contribution in [-0.2, 0) is 0 Å². The third-order valence-corrected chi connectivity index (χ3v) is 3.48. The molecule has 1 aliphatic rings. The molecular formula is C17H16N2O. The Kier molecular flexibility index (Phi) is 3.25. The second kappa shape index (κ2) is 5.21. The van der Waals surface area contributed by atoms with E-state index >= 15 is 0 Å². The fourth-order valence-electron chi connectivity index (χ4n) is 2.44. The number of hydrogen-bond acceptors (Lipinski definition) is 2. The van der Waals surface area contributed by atoms with Crippen LogP contribution in [0.2, 0.25) is 0 Å². The lowest BCUT2D eigenvalue weighted by Crippen LogP contribution is -2.28. The van der Waals surface area contributed by atoms with E-state index in [4.69, 9.17) is 0 Å². The second-order valence-corrected chi connectivity index (χ2v) is 4.74. The Morgan fingerprint density at radius 1 is 0.950 bits per heavy atom. The van der Waals surface area contributed by atoms with E-state index in [0.29, 0.717) is 13.1 Å². The zero-order valence-corrected chi connectivity index (χ0v) is 11.2. The Bertz CT molecular complexity index is 614. The zero-order chi connectivity index (χ0) is 13.9. The van der Waals surface area contributed by atoms with Crippen molar-refractivity contribution in [2.45, 2.75) is 0 Å². The summed E-state index contributed by atoms with van der Waals surface area (Å²) in [4.78, 5) is 14.0. The van der Waals surface area contributed by atoms with Gasteiger partial charge in [-0.1, -0.05) is 43.0 Å². The molecule has 1 N–H and O–H groups in total. The number of para-hydroxylation sites is 1. The summed E-state index contributed by atoms with van der Waals surface area (Å²) >= 11 is 0. The summed E-state index contributed by atoms with van der Waals surface area (Å²) in [6.07, 6.45) is 0. The van der Waals surface area contributed by atoms with E-state index < -0.39 is 0 Å². The molecule has 0 saturated heterocycles. The SMILES string of the molecule is C=C1c2ccccc2C(=O)N1CCNc1ccccc1. The van der Waals surface area contributed by atoms with Crippen LogP contribution in [0.5, 0.6) is 0 Å². The smallest absolute Gasteiger partial charge is 0.259 e. The Morgan fingerprint density at radius 2 is 1.60 bits per heavy atom. The van der Waals surface area contributed by atoms with E-state index in [1.54, 1.807) is 4.90 Å². The number of nitrogens with one attached hydrogen (secondary N) is 1. The molecule has 20 heavy (non-hydrogen) atoms. The van der Waals surface area contributed by atoms with Crippen LogP contribution in [0.3, 0.4) is 0 Å². The van der Waals surface area contributed by atoms with Gasteiger partial charge in [-0.2, -0.15) is 0 Å². The van der Waals surface area contributed by atoms with E-state index in [1.807, 2.05) is 54.6 Å². The number of fused-ring (bicyclic) bond motifs is 1. The van der Waals surface area contributed by atoms with Gasteiger partial charge in [-0.3, -0.25) is 4.79 Å². The number of nitrogens with zero attached hydrogens (tertiary/aromatic N) is 1. The highest BCUT2D eigenvalue weighted by Crippen LogP contribution is 2.30. The summed E-state index contributed by atoms with van der Waals surface area (Å²) in [5, 5.41) is 3.30. The first-order chi connectivity index (χ1) is 9.77. The molecule has 0 radical (unpaired) electrons. The second-order valence-electron chi connectivity index (χ2n) is 4.74. The molecule has 2 aromatic carbocycles. The largest absolute Gasteiger partial charge is 0.383 e. The molecule has 0 aliphatic carbocycles. The zero-order valence-electron chi connectivity index (χ0n) is 11.2. The number of hydrogen-bond donors (Lipinski definition) is 1. The average Bonchev–Trinajstić information content (AvgIpc) is 2.74. The molecule has 0 saturated carbocycles. The molecule has 3 nitrogen and oxygen atoms in total. The molecule has 0 bridgehead atoms. The molecule has 100 valence electrons. The first-order valence-corrected chi connectivity index (χ1v) is 6.66. The highest BCUT2D eigenvalue weighted by atomic mass is 16.2. The molecule has 1 heterocycles. The number of carbonyl (C=O) groups is 1. The van der Waals surface area contributed by atoms with Gasteiger partial charge in [0.15, 0.2) is 0 Å². The summed E-state index contributed by atoms with van der Waals surface area (Å²) in [6, 6.07) is 17.6. The maximum Gasteiger partial charge on any atom is 0.259 e. The number of carbonyl (C=O) groups excluding carboxylic acids is 1. The Balaban J connectivity index is 1.65. The van der Waals surface area contributed by atoms with Crippen LogP contribution in [0.15, 0.2) is 61.2 Å². The molecule has 0 aromatic heterocycles. The first-order valence-electron chi connectivity index (χ1n) is 6.66. The summed E-state index contributed by atoms with van der Waals surface area (Å²) in [5.41, 5.74) is 3.54. The van der Waals surface area contributed by atoms with Crippen molar-refractivity contribution in [2.75, 3.05) is 18.4 Å². The summed E-state index contributed by atoms with van der Waals surface area (Å²) in [5.74, 6) is 0.0421. The maximum atomic E-state index is 12.3. The van der Waals surface area contributed by atoms with Gasteiger partial charge in [0.2, 0.25) is 0 Å². The van der Waals surface area contributed by atoms with Crippen LogP contribution in [0.1, 0.15) is 15.9 Å². The van der Waals surface area contributed by atoms with Gasteiger partial charge in [0, 0.05) is 35.6 Å². The van der Waals surface area contributed by atoms with Crippen LogP contribution >= 0.6 is 0 Å². The van der Waals surface area contributed by atoms with Gasteiger partial charge in [0.1, 0.15) is 0 Å². The van der Waals surface area contributed by atoms with Crippen molar-refractivity contribution < 1.29 is 4.79 Å². The minimum atomic E-state index is 0.0421. The van der Waals surface area contributed by atoms with Crippen LogP contribution in [-0.4, -0.2) is 23.9 Å². The predicted octanol–water partition coefficient (Wildman–Crippen LogP) is 3.23. The number of amides is 1. The Labute approximate surface area is 118 Å². The molecule has 2 aromatic rings. The van der Waals surface area contributed by atoms with E-state index in [2.05, 4.69) is 11.9 Å². The van der Waals surface area contributed by atoms with Crippen molar-refractivity contribution in [3.05, 3.63) is 72.3 Å². The van der Waals surface area contributed by atoms with Crippen molar-refractivity contribution in [3.8, 4) is 0 Å². The molecule has 3 heteroatoms. The van der Waals surface area contributed by atoms with Crippen molar-refractivity contribution in [2.24, 2.45) is 0 Å². The van der Waals surface area contributed by atoms with Crippen molar-refractivity contribution >= 4 is 17.3 Å². The molecule has 0 fully saturated rings. The lowest BCUT2D eigenvalue weighted by Gasteiger charge is -2.18. The van der Waals surface area contributed by atoms with Crippen LogP contribution in [0, 0.1) is 0 Å². The van der Waals surface area contributed by atoms with Gasteiger partial charge in [-0.15, -0.1) is 0 Å². The predicted molar refractivity (Wildman–Crippen MR) is 81.4 cm³/mol. The van der Waals surface area contributed by atoms with Crippen LogP contribution < -0.4 is 5.32 Å². The van der Waals surface area contributed by atoms with Crippen LogP contribution in [0.25, 0.3) is 5.70 Å². The third kappa shape index (κ3) is 2.18. The molecule has 0 spiro atoms. The average molecular weight is 264 g/mol. The molecule has 1 amide bonds. The molecule has 0 unspecified atom stereocenters. The Morgan fingerprint density at radius 3 is 2.30 bits per heavy atom. The van der Waals surface area contributed by atoms with Crippen molar-refractivity contribution in [1.82, 2.24) is 4.90 Å². The van der Waals surface area contributed by atoms with Gasteiger partial charge in [-0.05, 0) is 18.2 Å². The highest BCUT2D eigenvalue weighted by Gasteiger charge is 2.29. The van der Waals surface area contributed by atoms with Gasteiger partial charge < -0.3 is 10.2 Å². The van der Waals surface area contributed by atoms with Gasteiger partial charge in [0.05, 0.1) is 0 Å². The quantitative estimate of drug-likeness (QED) is 0.919. The van der Waals surface area contributed by atoms with Gasteiger partial charge in [0.25, 0.3) is 5.91 Å². The molecule has 3 rings (SSSR count). The first kappa shape index (κ1) is 12.5. The molecule has 0 atom stereocenters. The van der Waals surface area contributed by atoms with Crippen LogP contribution in [0.4, 0.5) is 5.69 Å². The number of benzene rings is 2. The van der Waals surface area contributed by atoms with Gasteiger partial charge >= 0.3 is 0 Å². The normalized spacial score (nSPS) is 13.5. The minimum Gasteiger partial charge on any atom is -0.383 e. The van der Waals surface area contributed by atoms with E-state index in [-0.39, 0.29) is 5.91 Å². The van der Waals surface area contributed by atoms with E-state index in [1.165, 1.54) is 0 Å². The summed E-state index contributed by atoms with van der Waals surface area (Å²) in [6.45, 7) is 5.34. The topological polar surface area (TPSA) is 32.3 Å². The van der Waals surface area contributed by atoms with E-state index in [0.717, 1.165) is 22.5 Å². The molecular weight excluding hydrogens is 248 g/mol. The van der Waals surface area contributed by atoms with Crippen molar-refractivity contribution in [3.63, 3.8) is 0 Å². The summed E-state index contributed by atoms with van der Waals surface area (Å²) in [7, 11) is 0. The Hall–Kier alpha value is -2.55. The summed E-state index contributed by atoms with van der Waals surface area (Å²) < 4.78 is 0. The minimum absolute atomic E-state index is 0.0421. The van der Waals surface area contributed by atoms with Gasteiger partial charge in [-0.25, -0.2) is 0 Å². The fourth-order valence-corrected chi connectivity index (χ4v) is 2.44. The highest BCUT2D eigenvalue weighted by molar-refractivity contribution is 6.08. The monoisotopic (exact) mass is 264 g/mol.